The van der Waals surface area contributed by atoms with Gasteiger partial charge < -0.3 is 15.5 Å². The molecule has 1 aromatic rings. The summed E-state index contributed by atoms with van der Waals surface area (Å²) < 4.78 is 5.14. The van der Waals surface area contributed by atoms with Crippen molar-refractivity contribution < 1.29 is 4.42 Å². The second kappa shape index (κ2) is 5.04. The fourth-order valence-corrected chi connectivity index (χ4v) is 1.14. The van der Waals surface area contributed by atoms with E-state index in [1.54, 1.807) is 6.26 Å². The summed E-state index contributed by atoms with van der Waals surface area (Å²) >= 11 is 0. The zero-order valence-electron chi connectivity index (χ0n) is 8.55. The first-order valence-electron chi connectivity index (χ1n) is 4.55. The maximum atomic E-state index is 7.32. The van der Waals surface area contributed by atoms with E-state index in [4.69, 9.17) is 21.0 Å². The third-order valence-electron chi connectivity index (χ3n) is 1.76. The maximum absolute atomic E-state index is 7.32. The van der Waals surface area contributed by atoms with Crippen molar-refractivity contribution in [1.82, 2.24) is 10.6 Å². The van der Waals surface area contributed by atoms with Gasteiger partial charge in [-0.25, -0.2) is 0 Å². The quantitative estimate of drug-likeness (QED) is 0.360. The lowest BCUT2D eigenvalue weighted by molar-refractivity contribution is 0.531. The Bertz CT molecular complexity index is 357. The van der Waals surface area contributed by atoms with Gasteiger partial charge in [0.2, 0.25) is 0 Å². The van der Waals surface area contributed by atoms with E-state index in [-0.39, 0.29) is 11.9 Å². The molecule has 0 amide bonds. The van der Waals surface area contributed by atoms with Gasteiger partial charge in [-0.2, -0.15) is 0 Å². The standard InChI is InChI=1S/C9H15N5O/c1-6-4-7(5-15-6)2-3-13-9(12)14-8(10)11/h4-5H,2-3H2,1H3,(H6,10,11,12,13,14). The normalized spacial score (nSPS) is 9.67. The lowest BCUT2D eigenvalue weighted by atomic mass is 10.2. The molecule has 0 saturated heterocycles. The molecule has 0 bridgehead atoms. The average Bonchev–Trinajstić information content (AvgIpc) is 2.50. The molecule has 0 spiro atoms. The Morgan fingerprint density at radius 3 is 2.80 bits per heavy atom. The van der Waals surface area contributed by atoms with Gasteiger partial charge in [0.15, 0.2) is 11.9 Å². The van der Waals surface area contributed by atoms with E-state index in [0.717, 1.165) is 17.7 Å². The van der Waals surface area contributed by atoms with Gasteiger partial charge in [-0.15, -0.1) is 0 Å². The molecule has 0 aliphatic carbocycles. The van der Waals surface area contributed by atoms with Crippen molar-refractivity contribution in [1.29, 1.82) is 10.8 Å². The zero-order chi connectivity index (χ0) is 11.3. The number of aryl methyl sites for hydroxylation is 1. The summed E-state index contributed by atoms with van der Waals surface area (Å²) in [5.74, 6) is 0.663. The molecule has 0 saturated carbocycles. The third-order valence-corrected chi connectivity index (χ3v) is 1.76. The molecule has 0 unspecified atom stereocenters. The minimum absolute atomic E-state index is 0.0303. The van der Waals surface area contributed by atoms with Crippen LogP contribution in [-0.4, -0.2) is 18.5 Å². The Morgan fingerprint density at radius 2 is 2.27 bits per heavy atom. The first-order valence-corrected chi connectivity index (χ1v) is 4.55. The Kier molecular flexibility index (Phi) is 3.73. The van der Waals surface area contributed by atoms with Crippen LogP contribution in [0.4, 0.5) is 0 Å². The summed E-state index contributed by atoms with van der Waals surface area (Å²) in [6, 6.07) is 1.95. The lowest BCUT2D eigenvalue weighted by Gasteiger charge is -2.07. The van der Waals surface area contributed by atoms with Crippen molar-refractivity contribution in [2.24, 2.45) is 5.73 Å². The lowest BCUT2D eigenvalue weighted by Crippen LogP contribution is -2.43. The molecule has 82 valence electrons. The second-order valence-corrected chi connectivity index (χ2v) is 3.16. The predicted octanol–water partition coefficient (Wildman–Crippen LogP) is 0.138. The molecule has 15 heavy (non-hydrogen) atoms. The van der Waals surface area contributed by atoms with E-state index in [1.807, 2.05) is 13.0 Å². The molecule has 6 N–H and O–H groups in total. The molecule has 6 nitrogen and oxygen atoms in total. The number of hydrogen-bond acceptors (Lipinski definition) is 3. The number of furan rings is 1. The summed E-state index contributed by atoms with van der Waals surface area (Å²) in [5.41, 5.74) is 6.14. The van der Waals surface area contributed by atoms with Crippen LogP contribution in [0.1, 0.15) is 11.3 Å². The fourth-order valence-electron chi connectivity index (χ4n) is 1.14. The summed E-state index contributed by atoms with van der Waals surface area (Å²) in [6.45, 7) is 2.48. The van der Waals surface area contributed by atoms with Crippen LogP contribution in [-0.2, 0) is 6.42 Å². The van der Waals surface area contributed by atoms with Crippen molar-refractivity contribution in [3.8, 4) is 0 Å². The summed E-state index contributed by atoms with van der Waals surface area (Å²) in [7, 11) is 0. The first-order chi connectivity index (χ1) is 7.08. The minimum Gasteiger partial charge on any atom is -0.469 e. The van der Waals surface area contributed by atoms with Crippen LogP contribution in [0.2, 0.25) is 0 Å². The van der Waals surface area contributed by atoms with Gasteiger partial charge in [-0.05, 0) is 25.0 Å². The van der Waals surface area contributed by atoms with Gasteiger partial charge in [-0.3, -0.25) is 16.1 Å². The van der Waals surface area contributed by atoms with Crippen LogP contribution in [0.25, 0.3) is 0 Å². The largest absolute Gasteiger partial charge is 0.469 e. The van der Waals surface area contributed by atoms with Crippen LogP contribution < -0.4 is 16.4 Å². The van der Waals surface area contributed by atoms with E-state index in [0.29, 0.717) is 6.54 Å². The highest BCUT2D eigenvalue weighted by molar-refractivity contribution is 5.94. The molecule has 1 rings (SSSR count). The van der Waals surface area contributed by atoms with E-state index in [1.165, 1.54) is 0 Å². The molecule has 0 aromatic carbocycles. The highest BCUT2D eigenvalue weighted by Gasteiger charge is 1.99. The monoisotopic (exact) mass is 209 g/mol. The molecular formula is C9H15N5O. The Balaban J connectivity index is 2.22. The smallest absolute Gasteiger partial charge is 0.195 e. The van der Waals surface area contributed by atoms with E-state index < -0.39 is 0 Å². The molecule has 0 radical (unpaired) electrons. The zero-order valence-corrected chi connectivity index (χ0v) is 8.55. The van der Waals surface area contributed by atoms with Crippen LogP contribution in [0, 0.1) is 17.7 Å². The van der Waals surface area contributed by atoms with Crippen molar-refractivity contribution in [3.63, 3.8) is 0 Å². The summed E-state index contributed by atoms with van der Waals surface area (Å²) in [4.78, 5) is 0. The van der Waals surface area contributed by atoms with E-state index in [9.17, 15) is 0 Å². The van der Waals surface area contributed by atoms with Gasteiger partial charge in [-0.1, -0.05) is 0 Å². The average molecular weight is 209 g/mol. The molecule has 0 atom stereocenters. The predicted molar refractivity (Wildman–Crippen MR) is 57.9 cm³/mol. The van der Waals surface area contributed by atoms with Crippen LogP contribution in [0.5, 0.6) is 0 Å². The Labute approximate surface area is 87.9 Å². The van der Waals surface area contributed by atoms with Crippen molar-refractivity contribution >= 4 is 11.9 Å². The van der Waals surface area contributed by atoms with Crippen LogP contribution >= 0.6 is 0 Å². The molecule has 0 aliphatic heterocycles. The van der Waals surface area contributed by atoms with Gasteiger partial charge in [0.25, 0.3) is 0 Å². The van der Waals surface area contributed by atoms with Crippen molar-refractivity contribution in [2.45, 2.75) is 13.3 Å². The maximum Gasteiger partial charge on any atom is 0.195 e. The molecule has 1 aromatic heterocycles. The SMILES string of the molecule is Cc1cc(CCNC(=N)NC(=N)N)co1. The Hall–Kier alpha value is -1.98. The van der Waals surface area contributed by atoms with E-state index in [2.05, 4.69) is 10.6 Å². The van der Waals surface area contributed by atoms with E-state index >= 15 is 0 Å². The number of nitrogens with one attached hydrogen (secondary N) is 4. The number of nitrogens with two attached hydrogens (primary N) is 1. The van der Waals surface area contributed by atoms with Crippen molar-refractivity contribution in [2.75, 3.05) is 6.54 Å². The van der Waals surface area contributed by atoms with Crippen LogP contribution in [0.3, 0.4) is 0 Å². The minimum atomic E-state index is -0.244. The fraction of sp³-hybridized carbons (Fsp3) is 0.333. The summed E-state index contributed by atoms with van der Waals surface area (Å²) in [5, 5.41) is 19.3. The Morgan fingerprint density at radius 1 is 1.53 bits per heavy atom. The van der Waals surface area contributed by atoms with Crippen molar-refractivity contribution in [3.05, 3.63) is 23.7 Å². The van der Waals surface area contributed by atoms with Gasteiger partial charge in [0.05, 0.1) is 6.26 Å². The molecule has 0 aliphatic rings. The third kappa shape index (κ3) is 4.17. The molecule has 6 heteroatoms. The van der Waals surface area contributed by atoms with Gasteiger partial charge in [0.1, 0.15) is 5.76 Å². The molecule has 0 fully saturated rings. The number of hydrogen-bond donors (Lipinski definition) is 5. The van der Waals surface area contributed by atoms with Crippen LogP contribution in [0.15, 0.2) is 16.7 Å². The molecular weight excluding hydrogens is 194 g/mol. The second-order valence-electron chi connectivity index (χ2n) is 3.16. The highest BCUT2D eigenvalue weighted by atomic mass is 16.3. The first kappa shape index (κ1) is 11.1. The van der Waals surface area contributed by atoms with Gasteiger partial charge in [0, 0.05) is 6.54 Å². The highest BCUT2D eigenvalue weighted by Crippen LogP contribution is 2.05. The molecule has 1 heterocycles. The number of guanidine groups is 2. The number of rotatable bonds is 3. The van der Waals surface area contributed by atoms with Gasteiger partial charge >= 0.3 is 0 Å². The summed E-state index contributed by atoms with van der Waals surface area (Å²) in [6.07, 6.45) is 2.46. The topological polar surface area (TPSA) is 111 Å².